The van der Waals surface area contributed by atoms with Crippen molar-refractivity contribution in [2.24, 2.45) is 11.8 Å². The lowest BCUT2D eigenvalue weighted by Gasteiger charge is -2.48. The molecule has 2 aromatic rings. The molecule has 0 unspecified atom stereocenters. The zero-order chi connectivity index (χ0) is 44.3. The molecule has 15 heteroatoms. The number of hydrogen-bond donors (Lipinski definition) is 2. The Bertz CT molecular complexity index is 1870. The summed E-state index contributed by atoms with van der Waals surface area (Å²) in [6.07, 6.45) is 14.0. The van der Waals surface area contributed by atoms with Crippen molar-refractivity contribution < 1.29 is 71.9 Å². The maximum atomic E-state index is 13.7. The highest BCUT2D eigenvalue weighted by molar-refractivity contribution is 5.79. The molecule has 4 heterocycles. The SMILES string of the molecule is CCCCC/C=C\C/C=C\CCCCCCCCOC(=O)O[C@@H]1[C@@H](O)[C@H](O[C@@H]2c3cc4c(cc3[C@@H](c3cc(OC)c(O)c(OC)c3)[C@H]3C(=O)OC[C@@H]32)OCO4)O[C@@H]2CO[C@@H](C)O[C@@H]12. The van der Waals surface area contributed by atoms with E-state index in [1.807, 2.05) is 6.07 Å². The number of allylic oxidation sites excluding steroid dienone is 4. The number of carbonyl (C=O) groups is 2. The largest absolute Gasteiger partial charge is 0.508 e. The van der Waals surface area contributed by atoms with Crippen LogP contribution >= 0.6 is 0 Å². The number of phenolic OH excluding ortho intramolecular Hbond substituents is 1. The van der Waals surface area contributed by atoms with Crippen molar-refractivity contribution in [1.82, 2.24) is 0 Å². The summed E-state index contributed by atoms with van der Waals surface area (Å²) >= 11 is 0. The van der Waals surface area contributed by atoms with Gasteiger partial charge in [-0.05, 0) is 86.4 Å². The summed E-state index contributed by atoms with van der Waals surface area (Å²) in [7, 11) is 2.86. The molecule has 0 aromatic heterocycles. The van der Waals surface area contributed by atoms with Gasteiger partial charge in [0.05, 0.1) is 46.1 Å². The highest BCUT2D eigenvalue weighted by Gasteiger charge is 2.57. The van der Waals surface area contributed by atoms with E-state index in [-0.39, 0.29) is 43.9 Å². The highest BCUT2D eigenvalue weighted by atomic mass is 16.8. The molecule has 0 bridgehead atoms. The smallest absolute Gasteiger partial charge is 0.502 e. The quantitative estimate of drug-likeness (QED) is 0.0695. The fraction of sp³-hybridized carbons (Fsp3) is 0.625. The van der Waals surface area contributed by atoms with E-state index in [2.05, 4.69) is 31.2 Å². The van der Waals surface area contributed by atoms with Crippen molar-refractivity contribution in [3.8, 4) is 28.7 Å². The van der Waals surface area contributed by atoms with Gasteiger partial charge in [-0.15, -0.1) is 0 Å². The standard InChI is InChI=1S/C48H64O15/c1-5-6-7-8-9-10-11-12-13-14-15-16-17-18-19-20-21-55-48(52)63-45-42(50)47(61-38-27-56-29(2)60-44(38)45)62-43-32-25-35-34(58-28-59-35)24-31(32)39(40-33(43)26-57-46(40)51)30-22-36(53-3)41(49)37(23-30)54-4/h9-10,12-13,22-25,29,33,38-40,42-45,47,49-50H,5-8,11,14-21,26-28H2,1-4H3/b10-9-,13-12-/t29-,33+,38-,39-,40+,42-,43-,44-,45-,47+/m1/s1. The zero-order valence-corrected chi connectivity index (χ0v) is 36.9. The molecule has 0 spiro atoms. The lowest BCUT2D eigenvalue weighted by Crippen LogP contribution is -2.64. The highest BCUT2D eigenvalue weighted by Crippen LogP contribution is 2.57. The van der Waals surface area contributed by atoms with Gasteiger partial charge in [0, 0.05) is 11.8 Å². The molecule has 10 atom stereocenters. The minimum atomic E-state index is -1.52. The first-order valence-electron chi connectivity index (χ1n) is 22.7. The number of aliphatic hydroxyl groups excluding tert-OH is 1. The number of cyclic esters (lactones) is 1. The predicted molar refractivity (Wildman–Crippen MR) is 228 cm³/mol. The molecule has 1 aliphatic carbocycles. The van der Waals surface area contributed by atoms with Crippen LogP contribution in [0.3, 0.4) is 0 Å². The third-order valence-electron chi connectivity index (χ3n) is 12.5. The maximum Gasteiger partial charge on any atom is 0.508 e. The van der Waals surface area contributed by atoms with E-state index in [9.17, 15) is 19.8 Å². The van der Waals surface area contributed by atoms with Crippen LogP contribution in [0.4, 0.5) is 4.79 Å². The number of benzene rings is 2. The Morgan fingerprint density at radius 2 is 1.49 bits per heavy atom. The number of rotatable bonds is 21. The van der Waals surface area contributed by atoms with E-state index in [1.165, 1.54) is 39.9 Å². The molecule has 2 aromatic carbocycles. The number of hydrogen-bond acceptors (Lipinski definition) is 15. The number of esters is 1. The predicted octanol–water partition coefficient (Wildman–Crippen LogP) is 8.31. The second kappa shape index (κ2) is 22.4. The van der Waals surface area contributed by atoms with Crippen LogP contribution in [0.15, 0.2) is 48.6 Å². The Morgan fingerprint density at radius 1 is 0.825 bits per heavy atom. The van der Waals surface area contributed by atoms with E-state index in [0.717, 1.165) is 44.9 Å². The van der Waals surface area contributed by atoms with Crippen LogP contribution in [0, 0.1) is 11.8 Å². The molecule has 4 aliphatic heterocycles. The zero-order valence-electron chi connectivity index (χ0n) is 36.9. The number of aliphatic hydroxyl groups is 1. The van der Waals surface area contributed by atoms with Crippen LogP contribution in [0.1, 0.15) is 120 Å². The molecule has 0 amide bonds. The van der Waals surface area contributed by atoms with Gasteiger partial charge in [-0.25, -0.2) is 4.79 Å². The fourth-order valence-electron chi connectivity index (χ4n) is 9.25. The van der Waals surface area contributed by atoms with Crippen LogP contribution in [0.2, 0.25) is 0 Å². The molecular formula is C48H64O15. The Kier molecular flexibility index (Phi) is 16.5. The first-order chi connectivity index (χ1) is 30.7. The summed E-state index contributed by atoms with van der Waals surface area (Å²) in [5.41, 5.74) is 1.93. The Labute approximate surface area is 369 Å². The summed E-state index contributed by atoms with van der Waals surface area (Å²) in [6.45, 7) is 4.20. The lowest BCUT2D eigenvalue weighted by atomic mass is 9.66. The molecule has 15 nitrogen and oxygen atoms in total. The molecular weight excluding hydrogens is 817 g/mol. The second-order valence-electron chi connectivity index (χ2n) is 16.8. The van der Waals surface area contributed by atoms with Crippen LogP contribution in [0.25, 0.3) is 0 Å². The van der Waals surface area contributed by atoms with Gasteiger partial charge < -0.3 is 62.3 Å². The Balaban J connectivity index is 0.981. The van der Waals surface area contributed by atoms with Crippen molar-refractivity contribution >= 4 is 12.1 Å². The number of aromatic hydroxyl groups is 1. The molecule has 0 saturated carbocycles. The minimum absolute atomic E-state index is 0.00115. The first-order valence-corrected chi connectivity index (χ1v) is 22.7. The molecule has 2 N–H and O–H groups in total. The summed E-state index contributed by atoms with van der Waals surface area (Å²) in [5, 5.41) is 22.7. The average molecular weight is 881 g/mol. The Hall–Kier alpha value is -4.54. The molecule has 5 aliphatic rings. The third kappa shape index (κ3) is 11.1. The third-order valence-corrected chi connectivity index (χ3v) is 12.5. The number of carbonyl (C=O) groups excluding carboxylic acids is 2. The maximum absolute atomic E-state index is 13.7. The Morgan fingerprint density at radius 3 is 2.19 bits per heavy atom. The monoisotopic (exact) mass is 880 g/mol. The van der Waals surface area contributed by atoms with Crippen molar-refractivity contribution in [2.75, 3.05) is 40.8 Å². The average Bonchev–Trinajstić information content (AvgIpc) is 3.91. The van der Waals surface area contributed by atoms with Crippen molar-refractivity contribution in [2.45, 2.75) is 140 Å². The van der Waals surface area contributed by atoms with Crippen LogP contribution in [-0.2, 0) is 38.0 Å². The van der Waals surface area contributed by atoms with Gasteiger partial charge in [0.15, 0.2) is 41.7 Å². The molecule has 0 radical (unpaired) electrons. The lowest BCUT2D eigenvalue weighted by molar-refractivity contribution is -0.364. The minimum Gasteiger partial charge on any atom is -0.502 e. The van der Waals surface area contributed by atoms with Crippen LogP contribution in [0.5, 0.6) is 28.7 Å². The van der Waals surface area contributed by atoms with E-state index in [4.69, 9.17) is 52.1 Å². The van der Waals surface area contributed by atoms with Crippen molar-refractivity contribution in [1.29, 1.82) is 0 Å². The van der Waals surface area contributed by atoms with Gasteiger partial charge in [-0.3, -0.25) is 4.79 Å². The molecule has 3 fully saturated rings. The van der Waals surface area contributed by atoms with Gasteiger partial charge in [0.2, 0.25) is 12.5 Å². The topological polar surface area (TPSA) is 176 Å². The van der Waals surface area contributed by atoms with Gasteiger partial charge >= 0.3 is 12.1 Å². The number of methoxy groups -OCH3 is 2. The van der Waals surface area contributed by atoms with Crippen LogP contribution < -0.4 is 18.9 Å². The molecule has 3 saturated heterocycles. The van der Waals surface area contributed by atoms with Gasteiger partial charge in [0.25, 0.3) is 0 Å². The normalized spacial score (nSPS) is 28.4. The molecule has 63 heavy (non-hydrogen) atoms. The van der Waals surface area contributed by atoms with Crippen LogP contribution in [-0.4, -0.2) is 100 Å². The van der Waals surface area contributed by atoms with Gasteiger partial charge in [-0.2, -0.15) is 0 Å². The number of phenols is 1. The first kappa shape index (κ1) is 46.5. The second-order valence-corrected chi connectivity index (χ2v) is 16.8. The van der Waals surface area contributed by atoms with E-state index in [0.29, 0.717) is 34.6 Å². The van der Waals surface area contributed by atoms with Crippen molar-refractivity contribution in [3.63, 3.8) is 0 Å². The molecule has 7 rings (SSSR count). The van der Waals surface area contributed by atoms with Crippen molar-refractivity contribution in [3.05, 3.63) is 65.3 Å². The number of ether oxygens (including phenoxy) is 11. The number of fused-ring (bicyclic) bond motifs is 4. The number of unbranched alkanes of at least 4 members (excludes halogenated alkanes) is 9. The van der Waals surface area contributed by atoms with E-state index >= 15 is 0 Å². The van der Waals surface area contributed by atoms with E-state index in [1.54, 1.807) is 25.1 Å². The van der Waals surface area contributed by atoms with Gasteiger partial charge in [-0.1, -0.05) is 69.8 Å². The summed E-state index contributed by atoms with van der Waals surface area (Å²) in [5.74, 6) is -1.32. The molecule has 346 valence electrons. The summed E-state index contributed by atoms with van der Waals surface area (Å²) in [4.78, 5) is 26.9. The van der Waals surface area contributed by atoms with Gasteiger partial charge in [0.1, 0.15) is 18.3 Å². The summed E-state index contributed by atoms with van der Waals surface area (Å²) < 4.78 is 64.4. The fourth-order valence-corrected chi connectivity index (χ4v) is 9.25. The van der Waals surface area contributed by atoms with E-state index < -0.39 is 73.0 Å². The summed E-state index contributed by atoms with van der Waals surface area (Å²) in [6, 6.07) is 6.94.